The van der Waals surface area contributed by atoms with Crippen LogP contribution in [0.2, 0.25) is 0 Å². The van der Waals surface area contributed by atoms with Crippen LogP contribution >= 0.6 is 12.2 Å². The topological polar surface area (TPSA) is 393 Å². The van der Waals surface area contributed by atoms with Crippen LogP contribution in [0.15, 0.2) is 66.7 Å². The lowest BCUT2D eigenvalue weighted by Crippen LogP contribution is -2.60. The van der Waals surface area contributed by atoms with E-state index in [9.17, 15) is 57.5 Å². The summed E-state index contributed by atoms with van der Waals surface area (Å²) in [6.45, 7) is 18.7. The third-order valence-electron chi connectivity index (χ3n) is 19.6. The van der Waals surface area contributed by atoms with Crippen LogP contribution in [0.4, 0.5) is 15.3 Å². The lowest BCUT2D eigenvalue weighted by atomic mass is 9.89. The molecule has 0 saturated carbocycles. The van der Waals surface area contributed by atoms with E-state index < -0.39 is 90.2 Å². The first-order chi connectivity index (χ1) is 52.4. The van der Waals surface area contributed by atoms with E-state index in [1.54, 1.807) is 64.2 Å². The van der Waals surface area contributed by atoms with Gasteiger partial charge in [-0.2, -0.15) is 0 Å². The quantitative estimate of drug-likeness (QED) is 0.0185. The minimum atomic E-state index is -1.07. The van der Waals surface area contributed by atoms with E-state index in [1.807, 2.05) is 83.7 Å². The molecule has 2 aromatic rings. The number of hydrogen-bond acceptors (Lipinski definition) is 20. The zero-order valence-corrected chi connectivity index (χ0v) is 67.5. The Balaban J connectivity index is 1.16. The van der Waals surface area contributed by atoms with Crippen LogP contribution in [0.3, 0.4) is 0 Å². The standard InChI is InChI=1S/C78H122N12O19S/c1-15-52(8)69(60(103-12)47-65(95)89-39-23-27-59(89)70(104-13)53(9)74(110)84-58(76(100)105-14)46-54-24-18-16-19-25-54)88(11)75(99)67(50(4)5)86-73(98)68(51(6)7)87(10)62(92)35-40-106-42-44-108-45-43-107-41-37-81-78(102)109-48-55-29-31-56(32-30-55)82-71(96)57(26-22-36-80-77(79)101)83-72(97)66(49(2)3)85-61(91)28-20-17-21-38-90-63(93)33-34-64(90)94/h16,18-19,24-25,29-34,49-53,57-60,66-70H,15,17,20-23,26-28,35-48H2,1-14H3,(H,81,102)(H,82,96)(H,83,97)(H,84,110)(H,85,91)(H,86,98)(H3,79,80,101)/t52-,53+,57-,58-,59-,60+,66-,67-,68-,69-,70+/m0/s1. The second-order valence-electron chi connectivity index (χ2n) is 28.8. The number of unbranched alkanes of at least 4 members (excludes halogenated alkanes) is 2. The van der Waals surface area contributed by atoms with E-state index in [-0.39, 0.29) is 163 Å². The molecule has 4 rings (SSSR count). The SMILES string of the molecule is CC[C@H](C)[C@@H]([C@@H](CC(=O)N1CCC[C@H]1[C@H](OC)[C@@H](C)C(=S)N[C@@H](Cc1ccccc1)C(=O)OC)OC)N(C)C(=O)[C@@H](NC(=O)[C@H](C(C)C)N(C)C(=O)CCOCCOCCOCCNC(=O)OCc1ccc(NC(=O)[C@H](CCCNC(N)=O)NC(=O)[C@@H](NC(=O)CCCCCN2C(=O)C=CC2=O)C(C)C)cc1)C(C)C. The minimum absolute atomic E-state index is 0.0277. The zero-order valence-electron chi connectivity index (χ0n) is 66.7. The predicted octanol–water partition coefficient (Wildman–Crippen LogP) is 5.10. The molecule has 1 fully saturated rings. The molecule has 614 valence electrons. The summed E-state index contributed by atoms with van der Waals surface area (Å²) in [5.74, 6) is -5.70. The van der Waals surface area contributed by atoms with E-state index in [0.29, 0.717) is 61.3 Å². The van der Waals surface area contributed by atoms with Crippen molar-refractivity contribution in [1.29, 1.82) is 0 Å². The molecule has 32 heteroatoms. The van der Waals surface area contributed by atoms with Gasteiger partial charge in [-0.3, -0.25) is 48.1 Å². The molecule has 2 aliphatic heterocycles. The van der Waals surface area contributed by atoms with Crippen molar-refractivity contribution < 1.29 is 90.7 Å². The fourth-order valence-electron chi connectivity index (χ4n) is 13.3. The molecule has 12 amide bonds. The van der Waals surface area contributed by atoms with E-state index in [0.717, 1.165) is 16.9 Å². The molecule has 0 radical (unpaired) electrons. The second-order valence-corrected chi connectivity index (χ2v) is 29.3. The van der Waals surface area contributed by atoms with E-state index in [2.05, 4.69) is 37.2 Å². The van der Waals surface area contributed by atoms with Gasteiger partial charge in [0.1, 0.15) is 36.8 Å². The molecule has 0 aliphatic carbocycles. The van der Waals surface area contributed by atoms with Gasteiger partial charge in [-0.25, -0.2) is 14.4 Å². The van der Waals surface area contributed by atoms with Gasteiger partial charge in [0.15, 0.2) is 0 Å². The predicted molar refractivity (Wildman–Crippen MR) is 416 cm³/mol. The summed E-state index contributed by atoms with van der Waals surface area (Å²) in [6.07, 6.45) is 4.84. The van der Waals surface area contributed by atoms with Crippen LogP contribution in [-0.4, -0.2) is 252 Å². The molecule has 11 atom stereocenters. The van der Waals surface area contributed by atoms with E-state index >= 15 is 0 Å². The van der Waals surface area contributed by atoms with Crippen LogP contribution in [0, 0.1) is 29.6 Å². The number of urea groups is 1. The number of anilines is 1. The molecule has 0 spiro atoms. The fraction of sp³-hybridized carbons (Fsp3) is 0.654. The lowest BCUT2D eigenvalue weighted by molar-refractivity contribution is -0.148. The highest BCUT2D eigenvalue weighted by atomic mass is 32.1. The molecular formula is C78H122N12O19S. The number of primary amides is 1. The van der Waals surface area contributed by atoms with Gasteiger partial charge in [-0.15, -0.1) is 0 Å². The summed E-state index contributed by atoms with van der Waals surface area (Å²) in [5, 5.41) is 19.6. The van der Waals surface area contributed by atoms with Gasteiger partial charge < -0.3 is 90.8 Å². The summed E-state index contributed by atoms with van der Waals surface area (Å²) in [6, 6.07) is 9.65. The Hall–Kier alpha value is -8.69. The summed E-state index contributed by atoms with van der Waals surface area (Å²) in [5.41, 5.74) is 7.13. The summed E-state index contributed by atoms with van der Waals surface area (Å²) >= 11 is 5.90. The number of carbonyl (C=O) groups is 12. The number of hydrogen-bond donors (Lipinski definition) is 8. The van der Waals surface area contributed by atoms with Gasteiger partial charge in [0.25, 0.3) is 11.8 Å². The molecule has 31 nitrogen and oxygen atoms in total. The Morgan fingerprint density at radius 3 is 1.87 bits per heavy atom. The summed E-state index contributed by atoms with van der Waals surface area (Å²) < 4.78 is 39.6. The van der Waals surface area contributed by atoms with Crippen molar-refractivity contribution in [2.45, 2.75) is 200 Å². The molecule has 2 aliphatic rings. The Labute approximate surface area is 653 Å². The van der Waals surface area contributed by atoms with Crippen LogP contribution in [-0.2, 0) is 94.1 Å². The Morgan fingerprint density at radius 2 is 1.28 bits per heavy atom. The summed E-state index contributed by atoms with van der Waals surface area (Å²) in [4.78, 5) is 164. The number of carbonyl (C=O) groups excluding carboxylic acids is 12. The molecule has 0 bridgehead atoms. The van der Waals surface area contributed by atoms with Gasteiger partial charge in [-0.05, 0) is 85.5 Å². The van der Waals surface area contributed by atoms with Crippen molar-refractivity contribution in [3.05, 3.63) is 77.9 Å². The molecule has 9 N–H and O–H groups in total. The number of ether oxygens (including phenoxy) is 7. The van der Waals surface area contributed by atoms with Gasteiger partial charge in [0.2, 0.25) is 41.4 Å². The number of benzene rings is 2. The number of methoxy groups -OCH3 is 3. The summed E-state index contributed by atoms with van der Waals surface area (Å²) in [7, 11) is 7.67. The normalized spacial score (nSPS) is 16.2. The highest BCUT2D eigenvalue weighted by Gasteiger charge is 2.44. The molecule has 1 saturated heterocycles. The number of imide groups is 1. The smallest absolute Gasteiger partial charge is 0.407 e. The monoisotopic (exact) mass is 1560 g/mol. The van der Waals surface area contributed by atoms with E-state index in [4.69, 9.17) is 51.1 Å². The zero-order chi connectivity index (χ0) is 81.6. The molecular weight excluding hydrogens is 1440 g/mol. The first-order valence-corrected chi connectivity index (χ1v) is 38.6. The van der Waals surface area contributed by atoms with Gasteiger partial charge in [0, 0.05) is 91.1 Å². The van der Waals surface area contributed by atoms with Crippen molar-refractivity contribution in [2.75, 3.05) is 107 Å². The fourth-order valence-corrected chi connectivity index (χ4v) is 13.6. The Bertz CT molecular complexity index is 3310. The van der Waals surface area contributed by atoms with Crippen LogP contribution in [0.5, 0.6) is 0 Å². The Morgan fingerprint density at radius 1 is 0.645 bits per heavy atom. The highest BCUT2D eigenvalue weighted by molar-refractivity contribution is 7.80. The van der Waals surface area contributed by atoms with Crippen molar-refractivity contribution in [1.82, 2.24) is 51.5 Å². The number of nitrogens with one attached hydrogen (secondary N) is 7. The first-order valence-electron chi connectivity index (χ1n) is 38.2. The number of amides is 12. The average Bonchev–Trinajstić information content (AvgIpc) is 1.43. The maximum atomic E-state index is 14.8. The van der Waals surface area contributed by atoms with Crippen molar-refractivity contribution in [2.24, 2.45) is 35.3 Å². The van der Waals surface area contributed by atoms with Gasteiger partial charge in [0.05, 0.1) is 88.9 Å². The number of esters is 1. The number of nitrogens with zero attached hydrogens (tertiary/aromatic N) is 4. The van der Waals surface area contributed by atoms with Crippen molar-refractivity contribution in [3.8, 4) is 0 Å². The lowest BCUT2D eigenvalue weighted by Gasteiger charge is -2.41. The van der Waals surface area contributed by atoms with Crippen molar-refractivity contribution in [3.63, 3.8) is 0 Å². The van der Waals surface area contributed by atoms with Crippen molar-refractivity contribution >= 4 is 94.2 Å². The van der Waals surface area contributed by atoms with Gasteiger partial charge >= 0.3 is 18.1 Å². The highest BCUT2D eigenvalue weighted by Crippen LogP contribution is 2.31. The number of likely N-dealkylation sites (N-methyl/N-ethyl adjacent to an activating group) is 2. The van der Waals surface area contributed by atoms with Crippen LogP contribution in [0.1, 0.15) is 144 Å². The Kier molecular flexibility index (Phi) is 42.2. The molecule has 2 aromatic carbocycles. The van der Waals surface area contributed by atoms with Crippen LogP contribution in [0.25, 0.3) is 0 Å². The number of likely N-dealkylation sites (tertiary alicyclic amines) is 1. The third kappa shape index (κ3) is 31.2. The van der Waals surface area contributed by atoms with E-state index in [1.165, 1.54) is 31.3 Å². The maximum Gasteiger partial charge on any atom is 0.407 e. The number of rotatable bonds is 51. The largest absolute Gasteiger partial charge is 0.467 e. The number of alkyl carbamates (subject to hydrolysis) is 1. The third-order valence-corrected chi connectivity index (χ3v) is 20.1. The molecule has 110 heavy (non-hydrogen) atoms. The molecule has 0 aromatic heterocycles. The minimum Gasteiger partial charge on any atom is -0.467 e. The maximum absolute atomic E-state index is 14.8. The molecule has 0 unspecified atom stereocenters. The van der Waals surface area contributed by atoms with Crippen LogP contribution < -0.4 is 43.0 Å². The second kappa shape index (κ2) is 49.5. The first kappa shape index (κ1) is 93.7. The van der Waals surface area contributed by atoms with Gasteiger partial charge in [-0.1, -0.05) is 130 Å². The average molecular weight is 1560 g/mol. The number of thiocarbonyl (C=S) groups is 1. The molecule has 2 heterocycles. The number of nitrogens with two attached hydrogens (primary N) is 1.